The highest BCUT2D eigenvalue weighted by molar-refractivity contribution is 5.61. The molecule has 0 nitrogen and oxygen atoms in total. The van der Waals surface area contributed by atoms with Crippen molar-refractivity contribution in [1.29, 1.82) is 0 Å². The molecule has 0 N–H and O–H groups in total. The molecule has 3 rings (SSSR count). The molecule has 0 fully saturated rings. The van der Waals surface area contributed by atoms with Crippen LogP contribution in [0, 0.1) is 5.92 Å². The zero-order valence-corrected chi connectivity index (χ0v) is 8.72. The summed E-state index contributed by atoms with van der Waals surface area (Å²) in [4.78, 5) is 0. The van der Waals surface area contributed by atoms with E-state index in [4.69, 9.17) is 0 Å². The lowest BCUT2D eigenvalue weighted by molar-refractivity contribution is 0.709. The van der Waals surface area contributed by atoms with Crippen LogP contribution in [0.15, 0.2) is 46.6 Å². The van der Waals surface area contributed by atoms with E-state index in [0.717, 1.165) is 5.92 Å². The Balaban J connectivity index is 2.11. The van der Waals surface area contributed by atoms with Gasteiger partial charge in [0.1, 0.15) is 0 Å². The van der Waals surface area contributed by atoms with Crippen LogP contribution in [0.5, 0.6) is 0 Å². The molecule has 0 aromatic carbocycles. The van der Waals surface area contributed by atoms with Gasteiger partial charge in [-0.2, -0.15) is 0 Å². The van der Waals surface area contributed by atoms with Crippen LogP contribution in [0.3, 0.4) is 0 Å². The first-order valence-electron chi connectivity index (χ1n) is 5.67. The molecule has 0 aromatic rings. The molecule has 0 aromatic heterocycles. The van der Waals surface area contributed by atoms with Crippen molar-refractivity contribution in [1.82, 2.24) is 0 Å². The molecule has 0 heteroatoms. The summed E-state index contributed by atoms with van der Waals surface area (Å²) >= 11 is 0. The van der Waals surface area contributed by atoms with Gasteiger partial charge in [0.05, 0.1) is 0 Å². The highest BCUT2D eigenvalue weighted by Crippen LogP contribution is 2.45. The molecule has 14 heavy (non-hydrogen) atoms. The van der Waals surface area contributed by atoms with Crippen LogP contribution in [0.2, 0.25) is 0 Å². The standard InChI is InChI=1S/C14H16/c1-10-11-6-2-4-8-13(11)14-9-5-3-7-12(10)14/h4-5,8-10H,2-3,6-7H2,1H3. The maximum Gasteiger partial charge on any atom is -0.000276 e. The van der Waals surface area contributed by atoms with Crippen molar-refractivity contribution < 1.29 is 0 Å². The maximum atomic E-state index is 2.38. The van der Waals surface area contributed by atoms with Gasteiger partial charge < -0.3 is 0 Å². The third-order valence-corrected chi connectivity index (χ3v) is 3.76. The maximum absolute atomic E-state index is 2.38. The summed E-state index contributed by atoms with van der Waals surface area (Å²) in [7, 11) is 0. The molecular formula is C14H16. The first-order valence-corrected chi connectivity index (χ1v) is 5.67. The quantitative estimate of drug-likeness (QED) is 0.535. The molecule has 0 spiro atoms. The van der Waals surface area contributed by atoms with Gasteiger partial charge in [0.2, 0.25) is 0 Å². The number of allylic oxidation sites excluding steroid dienone is 8. The van der Waals surface area contributed by atoms with Crippen LogP contribution in [-0.2, 0) is 0 Å². The van der Waals surface area contributed by atoms with E-state index in [9.17, 15) is 0 Å². The fraction of sp³-hybridized carbons (Fsp3) is 0.429. The summed E-state index contributed by atoms with van der Waals surface area (Å²) in [6.45, 7) is 2.38. The fourth-order valence-electron chi connectivity index (χ4n) is 3.00. The predicted molar refractivity (Wildman–Crippen MR) is 60.0 cm³/mol. The molecule has 3 aliphatic rings. The lowest BCUT2D eigenvalue weighted by atomic mass is 9.89. The van der Waals surface area contributed by atoms with E-state index in [1.165, 1.54) is 25.7 Å². The number of rotatable bonds is 0. The van der Waals surface area contributed by atoms with Crippen molar-refractivity contribution in [2.45, 2.75) is 32.6 Å². The lowest BCUT2D eigenvalue weighted by Crippen LogP contribution is -2.01. The highest BCUT2D eigenvalue weighted by atomic mass is 14.3. The van der Waals surface area contributed by atoms with Gasteiger partial charge in [0.15, 0.2) is 0 Å². The van der Waals surface area contributed by atoms with Gasteiger partial charge >= 0.3 is 0 Å². The molecule has 0 atom stereocenters. The number of hydrogen-bond acceptors (Lipinski definition) is 0. The summed E-state index contributed by atoms with van der Waals surface area (Å²) < 4.78 is 0. The second-order valence-corrected chi connectivity index (χ2v) is 4.48. The summed E-state index contributed by atoms with van der Waals surface area (Å²) in [5.41, 5.74) is 6.50. The molecule has 0 heterocycles. The molecule has 0 unspecified atom stereocenters. The largest absolute Gasteiger partial charge is 0.0836 e. The summed E-state index contributed by atoms with van der Waals surface area (Å²) in [6, 6.07) is 0. The van der Waals surface area contributed by atoms with Gasteiger partial charge in [-0.1, -0.05) is 42.4 Å². The Bertz CT molecular complexity index is 350. The SMILES string of the molecule is CC1C2=C(C=CCC2)C2=C1CCC=C2. The van der Waals surface area contributed by atoms with E-state index in [1.54, 1.807) is 22.3 Å². The highest BCUT2D eigenvalue weighted by Gasteiger charge is 2.29. The second kappa shape index (κ2) is 2.98. The molecule has 0 saturated heterocycles. The number of fused-ring (bicyclic) bond motifs is 1. The van der Waals surface area contributed by atoms with Crippen LogP contribution in [-0.4, -0.2) is 0 Å². The van der Waals surface area contributed by atoms with Gasteiger partial charge in [-0.15, -0.1) is 0 Å². The third kappa shape index (κ3) is 1.00. The summed E-state index contributed by atoms with van der Waals surface area (Å²) in [5.74, 6) is 0.731. The van der Waals surface area contributed by atoms with Gasteiger partial charge in [0.25, 0.3) is 0 Å². The van der Waals surface area contributed by atoms with Crippen LogP contribution in [0.4, 0.5) is 0 Å². The first kappa shape index (κ1) is 8.28. The summed E-state index contributed by atoms with van der Waals surface area (Å²) in [5, 5.41) is 0. The van der Waals surface area contributed by atoms with Gasteiger partial charge in [0, 0.05) is 0 Å². The lowest BCUT2D eigenvalue weighted by Gasteiger charge is -2.15. The van der Waals surface area contributed by atoms with Crippen LogP contribution in [0.1, 0.15) is 32.6 Å². The van der Waals surface area contributed by atoms with Crippen LogP contribution in [0.25, 0.3) is 0 Å². The van der Waals surface area contributed by atoms with Crippen molar-refractivity contribution in [2.24, 2.45) is 5.92 Å². The fourth-order valence-corrected chi connectivity index (χ4v) is 3.00. The zero-order chi connectivity index (χ0) is 9.54. The molecule has 0 amide bonds. The van der Waals surface area contributed by atoms with Crippen LogP contribution >= 0.6 is 0 Å². The minimum absolute atomic E-state index is 0.731. The summed E-state index contributed by atoms with van der Waals surface area (Å²) in [6.07, 6.45) is 14.4. The molecule has 0 aliphatic heterocycles. The Morgan fingerprint density at radius 1 is 0.929 bits per heavy atom. The van der Waals surface area contributed by atoms with E-state index in [-0.39, 0.29) is 0 Å². The van der Waals surface area contributed by atoms with Gasteiger partial charge in [-0.25, -0.2) is 0 Å². The molecule has 0 bridgehead atoms. The van der Waals surface area contributed by atoms with E-state index in [2.05, 4.69) is 31.2 Å². The molecule has 0 radical (unpaired) electrons. The van der Waals surface area contributed by atoms with Crippen molar-refractivity contribution >= 4 is 0 Å². The Kier molecular flexibility index (Phi) is 1.76. The Labute approximate surface area is 85.7 Å². The Hall–Kier alpha value is -1.04. The molecule has 72 valence electrons. The van der Waals surface area contributed by atoms with Gasteiger partial charge in [-0.05, 0) is 42.7 Å². The second-order valence-electron chi connectivity index (χ2n) is 4.48. The van der Waals surface area contributed by atoms with E-state index in [0.29, 0.717) is 0 Å². The smallest absolute Gasteiger partial charge is 0.000276 e. The molecular weight excluding hydrogens is 168 g/mol. The Morgan fingerprint density at radius 3 is 1.93 bits per heavy atom. The van der Waals surface area contributed by atoms with Crippen molar-refractivity contribution in [2.75, 3.05) is 0 Å². The minimum Gasteiger partial charge on any atom is -0.0836 e. The topological polar surface area (TPSA) is 0 Å². The van der Waals surface area contributed by atoms with E-state index >= 15 is 0 Å². The molecule has 0 saturated carbocycles. The van der Waals surface area contributed by atoms with Crippen molar-refractivity contribution in [3.05, 3.63) is 46.6 Å². The zero-order valence-electron chi connectivity index (χ0n) is 8.72. The van der Waals surface area contributed by atoms with Gasteiger partial charge in [-0.3, -0.25) is 0 Å². The van der Waals surface area contributed by atoms with E-state index in [1.807, 2.05) is 0 Å². The third-order valence-electron chi connectivity index (χ3n) is 3.76. The normalized spacial score (nSPS) is 25.8. The number of hydrogen-bond donors (Lipinski definition) is 0. The van der Waals surface area contributed by atoms with Crippen molar-refractivity contribution in [3.8, 4) is 0 Å². The monoisotopic (exact) mass is 184 g/mol. The average Bonchev–Trinajstić information content (AvgIpc) is 2.55. The molecule has 3 aliphatic carbocycles. The van der Waals surface area contributed by atoms with Crippen molar-refractivity contribution in [3.63, 3.8) is 0 Å². The Morgan fingerprint density at radius 2 is 1.43 bits per heavy atom. The van der Waals surface area contributed by atoms with E-state index < -0.39 is 0 Å². The average molecular weight is 184 g/mol. The minimum atomic E-state index is 0.731. The van der Waals surface area contributed by atoms with Crippen LogP contribution < -0.4 is 0 Å². The predicted octanol–water partition coefficient (Wildman–Crippen LogP) is 3.93. The first-order chi connectivity index (χ1) is 6.88.